The van der Waals surface area contributed by atoms with E-state index in [0.29, 0.717) is 13.2 Å². The Bertz CT molecular complexity index is 147. The van der Waals surface area contributed by atoms with Gasteiger partial charge in [0.1, 0.15) is 0 Å². The maximum Gasteiger partial charge on any atom is 0.0835 e. The summed E-state index contributed by atoms with van der Waals surface area (Å²) >= 11 is 0. The van der Waals surface area contributed by atoms with E-state index in [4.69, 9.17) is 9.47 Å². The molecule has 2 atom stereocenters. The van der Waals surface area contributed by atoms with E-state index >= 15 is 0 Å². The molecule has 0 aromatic rings. The predicted molar refractivity (Wildman–Crippen MR) is 55.3 cm³/mol. The van der Waals surface area contributed by atoms with Crippen LogP contribution in [0.2, 0.25) is 0 Å². The molecule has 84 valence electrons. The molecule has 1 rings (SSSR count). The lowest BCUT2D eigenvalue weighted by Gasteiger charge is -2.27. The second-order valence-corrected chi connectivity index (χ2v) is 4.18. The van der Waals surface area contributed by atoms with Crippen molar-refractivity contribution in [1.82, 2.24) is 0 Å². The Hall–Kier alpha value is -0.120. The molecule has 3 nitrogen and oxygen atoms in total. The number of hydrogen-bond donors (Lipinski definition) is 1. The first-order valence-corrected chi connectivity index (χ1v) is 5.61. The van der Waals surface area contributed by atoms with Gasteiger partial charge in [-0.15, -0.1) is 0 Å². The van der Waals surface area contributed by atoms with Gasteiger partial charge in [0.15, 0.2) is 0 Å². The Morgan fingerprint density at radius 1 is 1.21 bits per heavy atom. The molecular weight excluding hydrogens is 180 g/mol. The Kier molecular flexibility index (Phi) is 5.45. The van der Waals surface area contributed by atoms with Crippen molar-refractivity contribution in [3.05, 3.63) is 0 Å². The fraction of sp³-hybridized carbons (Fsp3) is 1.00. The lowest BCUT2D eigenvalue weighted by Crippen LogP contribution is -2.33. The summed E-state index contributed by atoms with van der Waals surface area (Å²) in [4.78, 5) is 0. The highest BCUT2D eigenvalue weighted by atomic mass is 16.5. The van der Waals surface area contributed by atoms with Gasteiger partial charge in [-0.25, -0.2) is 0 Å². The van der Waals surface area contributed by atoms with Crippen molar-refractivity contribution in [3.8, 4) is 0 Å². The average Bonchev–Trinajstić information content (AvgIpc) is 2.15. The number of ether oxygens (including phenoxy) is 2. The first-order chi connectivity index (χ1) is 6.70. The van der Waals surface area contributed by atoms with Gasteiger partial charge in [-0.1, -0.05) is 12.8 Å². The minimum absolute atomic E-state index is 0.0412. The van der Waals surface area contributed by atoms with Crippen LogP contribution in [0.15, 0.2) is 0 Å². The van der Waals surface area contributed by atoms with Crippen molar-refractivity contribution >= 4 is 0 Å². The standard InChI is InChI=1S/C11H22O3/c1-9(2)13-7-8-14-11-6-4-3-5-10(11)12/h9-12H,3-8H2,1-2H3. The number of rotatable bonds is 5. The summed E-state index contributed by atoms with van der Waals surface area (Å²) in [7, 11) is 0. The van der Waals surface area contributed by atoms with Crippen LogP contribution >= 0.6 is 0 Å². The second kappa shape index (κ2) is 6.38. The summed E-state index contributed by atoms with van der Waals surface area (Å²) in [6, 6.07) is 0. The lowest BCUT2D eigenvalue weighted by atomic mass is 9.95. The zero-order valence-electron chi connectivity index (χ0n) is 9.24. The highest BCUT2D eigenvalue weighted by molar-refractivity contribution is 4.74. The van der Waals surface area contributed by atoms with Crippen molar-refractivity contribution in [2.75, 3.05) is 13.2 Å². The fourth-order valence-corrected chi connectivity index (χ4v) is 1.75. The van der Waals surface area contributed by atoms with Crippen LogP contribution in [0.5, 0.6) is 0 Å². The molecule has 0 heterocycles. The van der Waals surface area contributed by atoms with Crippen molar-refractivity contribution in [2.24, 2.45) is 0 Å². The molecule has 0 aromatic carbocycles. The molecule has 0 radical (unpaired) electrons. The lowest BCUT2D eigenvalue weighted by molar-refractivity contribution is -0.0784. The summed E-state index contributed by atoms with van der Waals surface area (Å²) in [6.07, 6.45) is 4.21. The van der Waals surface area contributed by atoms with Crippen LogP contribution < -0.4 is 0 Å². The Morgan fingerprint density at radius 2 is 1.93 bits per heavy atom. The zero-order chi connectivity index (χ0) is 10.4. The van der Waals surface area contributed by atoms with E-state index in [0.717, 1.165) is 19.3 Å². The molecule has 0 saturated heterocycles. The van der Waals surface area contributed by atoms with Crippen molar-refractivity contribution in [1.29, 1.82) is 0 Å². The van der Waals surface area contributed by atoms with Gasteiger partial charge in [-0.3, -0.25) is 0 Å². The summed E-state index contributed by atoms with van der Waals surface area (Å²) < 4.78 is 10.9. The molecule has 2 unspecified atom stereocenters. The third-order valence-corrected chi connectivity index (χ3v) is 2.53. The Morgan fingerprint density at radius 3 is 2.57 bits per heavy atom. The van der Waals surface area contributed by atoms with Gasteiger partial charge < -0.3 is 14.6 Å². The number of aliphatic hydroxyl groups is 1. The molecule has 0 aromatic heterocycles. The van der Waals surface area contributed by atoms with E-state index in [1.54, 1.807) is 0 Å². The van der Waals surface area contributed by atoms with E-state index in [1.807, 2.05) is 13.8 Å². The fourth-order valence-electron chi connectivity index (χ4n) is 1.75. The van der Waals surface area contributed by atoms with Crippen LogP contribution in [0.1, 0.15) is 39.5 Å². The van der Waals surface area contributed by atoms with Crippen LogP contribution in [0.3, 0.4) is 0 Å². The molecule has 1 N–H and O–H groups in total. The topological polar surface area (TPSA) is 38.7 Å². The van der Waals surface area contributed by atoms with Gasteiger partial charge in [-0.05, 0) is 26.7 Å². The quantitative estimate of drug-likeness (QED) is 0.690. The molecule has 0 spiro atoms. The largest absolute Gasteiger partial charge is 0.390 e. The average molecular weight is 202 g/mol. The molecule has 0 aliphatic heterocycles. The van der Waals surface area contributed by atoms with E-state index < -0.39 is 0 Å². The monoisotopic (exact) mass is 202 g/mol. The normalized spacial score (nSPS) is 28.3. The van der Waals surface area contributed by atoms with Crippen molar-refractivity contribution in [3.63, 3.8) is 0 Å². The number of hydrogen-bond acceptors (Lipinski definition) is 3. The van der Waals surface area contributed by atoms with Gasteiger partial charge in [0, 0.05) is 0 Å². The summed E-state index contributed by atoms with van der Waals surface area (Å²) in [5, 5.41) is 9.61. The first kappa shape index (κ1) is 12.0. The van der Waals surface area contributed by atoms with Gasteiger partial charge in [0.2, 0.25) is 0 Å². The highest BCUT2D eigenvalue weighted by Crippen LogP contribution is 2.20. The highest BCUT2D eigenvalue weighted by Gasteiger charge is 2.23. The van der Waals surface area contributed by atoms with Crippen LogP contribution in [0.4, 0.5) is 0 Å². The summed E-state index contributed by atoms with van der Waals surface area (Å²) in [5.74, 6) is 0. The van der Waals surface area contributed by atoms with Crippen molar-refractivity contribution in [2.45, 2.75) is 57.8 Å². The van der Waals surface area contributed by atoms with Crippen LogP contribution in [-0.4, -0.2) is 36.6 Å². The van der Waals surface area contributed by atoms with E-state index in [2.05, 4.69) is 0 Å². The predicted octanol–water partition coefficient (Wildman–Crippen LogP) is 1.73. The maximum absolute atomic E-state index is 9.61. The third-order valence-electron chi connectivity index (χ3n) is 2.53. The van der Waals surface area contributed by atoms with Gasteiger partial charge >= 0.3 is 0 Å². The molecule has 1 fully saturated rings. The first-order valence-electron chi connectivity index (χ1n) is 5.61. The smallest absolute Gasteiger partial charge is 0.0835 e. The minimum atomic E-state index is -0.261. The molecule has 1 aliphatic rings. The van der Waals surface area contributed by atoms with Crippen LogP contribution in [0, 0.1) is 0 Å². The van der Waals surface area contributed by atoms with Gasteiger partial charge in [0.05, 0.1) is 31.5 Å². The summed E-state index contributed by atoms with van der Waals surface area (Å²) in [5.41, 5.74) is 0. The molecular formula is C11H22O3. The second-order valence-electron chi connectivity index (χ2n) is 4.18. The molecule has 0 amide bonds. The minimum Gasteiger partial charge on any atom is -0.390 e. The van der Waals surface area contributed by atoms with Crippen LogP contribution in [0.25, 0.3) is 0 Å². The van der Waals surface area contributed by atoms with Gasteiger partial charge in [0.25, 0.3) is 0 Å². The molecule has 3 heteroatoms. The summed E-state index contributed by atoms with van der Waals surface area (Å²) in [6.45, 7) is 5.24. The third kappa shape index (κ3) is 4.40. The van der Waals surface area contributed by atoms with Crippen LogP contribution in [-0.2, 0) is 9.47 Å². The molecule has 14 heavy (non-hydrogen) atoms. The molecule has 1 aliphatic carbocycles. The Labute approximate surface area is 86.4 Å². The van der Waals surface area contributed by atoms with E-state index in [9.17, 15) is 5.11 Å². The van der Waals surface area contributed by atoms with E-state index in [1.165, 1.54) is 6.42 Å². The van der Waals surface area contributed by atoms with Crippen molar-refractivity contribution < 1.29 is 14.6 Å². The number of aliphatic hydroxyl groups excluding tert-OH is 1. The Balaban J connectivity index is 2.04. The SMILES string of the molecule is CC(C)OCCOC1CCCCC1O. The van der Waals surface area contributed by atoms with Gasteiger partial charge in [-0.2, -0.15) is 0 Å². The van der Waals surface area contributed by atoms with E-state index in [-0.39, 0.29) is 18.3 Å². The zero-order valence-corrected chi connectivity index (χ0v) is 9.24. The molecule has 0 bridgehead atoms. The molecule has 1 saturated carbocycles. The maximum atomic E-state index is 9.61.